The van der Waals surface area contributed by atoms with Gasteiger partial charge in [-0.15, -0.1) is 0 Å². The van der Waals surface area contributed by atoms with Crippen molar-refractivity contribution in [2.45, 2.75) is 96.9 Å². The first-order valence-electron chi connectivity index (χ1n) is 12.1. The minimum atomic E-state index is -0.367. The van der Waals surface area contributed by atoms with E-state index in [1.165, 1.54) is 0 Å². The summed E-state index contributed by atoms with van der Waals surface area (Å²) >= 11 is 0. The van der Waals surface area contributed by atoms with Gasteiger partial charge in [0, 0.05) is 17.1 Å². The number of alkyl carbamates (subject to hydrolysis) is 1. The number of rotatable bonds is 4. The van der Waals surface area contributed by atoms with E-state index in [0.29, 0.717) is 18.6 Å². The van der Waals surface area contributed by atoms with Crippen LogP contribution in [0.25, 0.3) is 10.9 Å². The number of nitrogens with zero attached hydrogens (tertiary/aromatic N) is 2. The Morgan fingerprint density at radius 3 is 2.39 bits per heavy atom. The second-order valence-corrected chi connectivity index (χ2v) is 11.7. The summed E-state index contributed by atoms with van der Waals surface area (Å²) in [6, 6.07) is 6.62. The average molecular weight is 455 g/mol. The zero-order chi connectivity index (χ0) is 24.0. The fourth-order valence-electron chi connectivity index (χ4n) is 4.49. The number of carbonyl (C=O) groups excluding carboxylic acids is 1. The summed E-state index contributed by atoms with van der Waals surface area (Å²) in [5, 5.41) is 8.79. The Kier molecular flexibility index (Phi) is 6.29. The highest BCUT2D eigenvalue weighted by Crippen LogP contribution is 2.37. The van der Waals surface area contributed by atoms with Crippen molar-refractivity contribution in [3.05, 3.63) is 24.4 Å². The number of amides is 1. The Morgan fingerprint density at radius 2 is 1.79 bits per heavy atom. The summed E-state index contributed by atoms with van der Waals surface area (Å²) in [6.45, 7) is 14.6. The van der Waals surface area contributed by atoms with Crippen molar-refractivity contribution in [2.75, 3.05) is 6.61 Å². The summed E-state index contributed by atoms with van der Waals surface area (Å²) in [6.07, 6.45) is 5.94. The normalized spacial score (nSPS) is 24.8. The van der Waals surface area contributed by atoms with E-state index >= 15 is 0 Å². The first-order valence-corrected chi connectivity index (χ1v) is 12.1. The van der Waals surface area contributed by atoms with Gasteiger partial charge in [0.2, 0.25) is 0 Å². The summed E-state index contributed by atoms with van der Waals surface area (Å²) < 4.78 is 20.0. The lowest BCUT2D eigenvalue weighted by molar-refractivity contribution is 0.00578. The Hall–Kier alpha value is -2.06. The number of nitrogens with one attached hydrogen (secondary N) is 1. The van der Waals surface area contributed by atoms with Crippen LogP contribution in [0.1, 0.15) is 80.2 Å². The molecule has 1 aromatic carbocycles. The molecule has 1 aromatic heterocycles. The lowest BCUT2D eigenvalue weighted by Crippen LogP contribution is -2.41. The number of hydrogen-bond acceptors (Lipinski definition) is 5. The molecule has 7 nitrogen and oxygen atoms in total. The molecule has 2 fully saturated rings. The average Bonchev–Trinajstić information content (AvgIpc) is 3.22. The molecule has 1 N–H and O–H groups in total. The van der Waals surface area contributed by atoms with Crippen LogP contribution in [0.5, 0.6) is 0 Å². The number of ether oxygens (including phenoxy) is 1. The molecule has 1 saturated heterocycles. The molecule has 1 aliphatic heterocycles. The summed E-state index contributed by atoms with van der Waals surface area (Å²) in [4.78, 5) is 11.9. The molecule has 0 atom stereocenters. The molecule has 0 unspecified atom stereocenters. The van der Waals surface area contributed by atoms with Crippen molar-refractivity contribution in [2.24, 2.45) is 5.92 Å². The van der Waals surface area contributed by atoms with Gasteiger partial charge in [-0.25, -0.2) is 4.79 Å². The minimum absolute atomic E-state index is 0.279. The van der Waals surface area contributed by atoms with Gasteiger partial charge in [0.15, 0.2) is 0 Å². The topological polar surface area (TPSA) is 74.6 Å². The van der Waals surface area contributed by atoms with E-state index in [1.807, 2.05) is 20.8 Å². The fraction of sp³-hybridized carbons (Fsp3) is 0.680. The van der Waals surface area contributed by atoms with Crippen molar-refractivity contribution < 1.29 is 18.8 Å². The summed E-state index contributed by atoms with van der Waals surface area (Å²) in [5.41, 5.74) is 1.02. The molecule has 2 heterocycles. The molecule has 0 bridgehead atoms. The molecule has 33 heavy (non-hydrogen) atoms. The zero-order valence-electron chi connectivity index (χ0n) is 21.1. The van der Waals surface area contributed by atoms with Crippen LogP contribution in [0.3, 0.4) is 0 Å². The van der Waals surface area contributed by atoms with E-state index < -0.39 is 0 Å². The van der Waals surface area contributed by atoms with Crippen LogP contribution in [0.2, 0.25) is 0 Å². The summed E-state index contributed by atoms with van der Waals surface area (Å²) in [7, 11) is -0.367. The lowest BCUT2D eigenvalue weighted by atomic mass is 9.79. The van der Waals surface area contributed by atoms with Crippen LogP contribution < -0.4 is 10.8 Å². The molecule has 1 saturated carbocycles. The monoisotopic (exact) mass is 455 g/mol. The maximum atomic E-state index is 11.9. The van der Waals surface area contributed by atoms with E-state index in [2.05, 4.69) is 62.1 Å². The third-order valence-corrected chi connectivity index (χ3v) is 7.19. The first-order chi connectivity index (χ1) is 15.3. The molecule has 1 amide bonds. The zero-order valence-corrected chi connectivity index (χ0v) is 21.1. The minimum Gasteiger partial charge on any atom is -0.449 e. The van der Waals surface area contributed by atoms with Crippen LogP contribution in [0.15, 0.2) is 24.4 Å². The lowest BCUT2D eigenvalue weighted by Gasteiger charge is -2.32. The molecule has 2 aliphatic rings. The SMILES string of the molecule is CC(C)(C)NC(=O)OCC1CCC(n2cc3cc(B4OC(C)(C)C(C)(C)O4)ccc3n2)CC1. The molecule has 4 rings (SSSR count). The Labute approximate surface area is 197 Å². The first kappa shape index (κ1) is 24.1. The molecular formula is C25H38BN3O4. The van der Waals surface area contributed by atoms with Crippen molar-refractivity contribution in [1.82, 2.24) is 15.1 Å². The fourth-order valence-corrected chi connectivity index (χ4v) is 4.49. The highest BCUT2D eigenvalue weighted by molar-refractivity contribution is 6.62. The van der Waals surface area contributed by atoms with Crippen molar-refractivity contribution in [3.8, 4) is 0 Å². The van der Waals surface area contributed by atoms with Gasteiger partial charge in [0.1, 0.15) is 0 Å². The van der Waals surface area contributed by atoms with Crippen LogP contribution in [0, 0.1) is 5.92 Å². The van der Waals surface area contributed by atoms with E-state index in [9.17, 15) is 4.79 Å². The summed E-state index contributed by atoms with van der Waals surface area (Å²) in [5.74, 6) is 0.409. The number of hydrogen-bond donors (Lipinski definition) is 1. The molecule has 180 valence electrons. The van der Waals surface area contributed by atoms with Gasteiger partial charge in [-0.2, -0.15) is 5.10 Å². The van der Waals surface area contributed by atoms with Gasteiger partial charge in [0.05, 0.1) is 29.4 Å². The van der Waals surface area contributed by atoms with Crippen LogP contribution >= 0.6 is 0 Å². The number of benzene rings is 1. The Morgan fingerprint density at radius 1 is 1.15 bits per heavy atom. The second kappa shape index (κ2) is 8.62. The standard InChI is InChI=1S/C25H38BN3O4/c1-23(2,3)27-22(30)31-16-17-8-11-20(12-9-17)29-15-18-14-19(10-13-21(18)28-29)26-32-24(4,5)25(6,7)33-26/h10,13-15,17,20H,8-9,11-12,16H2,1-7H3,(H,27,30). The predicted octanol–water partition coefficient (Wildman–Crippen LogP) is 4.59. The van der Waals surface area contributed by atoms with Crippen molar-refractivity contribution >= 4 is 29.6 Å². The number of aromatic nitrogens is 2. The quantitative estimate of drug-likeness (QED) is 0.683. The smallest absolute Gasteiger partial charge is 0.449 e. The predicted molar refractivity (Wildman–Crippen MR) is 131 cm³/mol. The highest BCUT2D eigenvalue weighted by atomic mass is 16.7. The third kappa shape index (κ3) is 5.38. The highest BCUT2D eigenvalue weighted by Gasteiger charge is 2.51. The molecular weight excluding hydrogens is 417 g/mol. The molecule has 2 aromatic rings. The molecule has 0 radical (unpaired) electrons. The molecule has 8 heteroatoms. The molecule has 0 spiro atoms. The van der Waals surface area contributed by atoms with Crippen molar-refractivity contribution in [1.29, 1.82) is 0 Å². The number of fused-ring (bicyclic) bond motifs is 1. The van der Waals surface area contributed by atoms with Crippen LogP contribution in [0.4, 0.5) is 4.79 Å². The van der Waals surface area contributed by atoms with Crippen LogP contribution in [-0.2, 0) is 14.0 Å². The largest absolute Gasteiger partial charge is 0.494 e. The van der Waals surface area contributed by atoms with Crippen LogP contribution in [-0.4, -0.2) is 46.3 Å². The third-order valence-electron chi connectivity index (χ3n) is 7.19. The van der Waals surface area contributed by atoms with Gasteiger partial charge in [0.25, 0.3) is 0 Å². The van der Waals surface area contributed by atoms with Crippen molar-refractivity contribution in [3.63, 3.8) is 0 Å². The van der Waals surface area contributed by atoms with E-state index in [1.54, 1.807) is 0 Å². The van der Waals surface area contributed by atoms with Gasteiger partial charge in [-0.1, -0.05) is 12.1 Å². The maximum Gasteiger partial charge on any atom is 0.494 e. The Bertz CT molecular complexity index is 987. The van der Waals surface area contributed by atoms with E-state index in [0.717, 1.165) is 42.0 Å². The van der Waals surface area contributed by atoms with Gasteiger partial charge >= 0.3 is 13.2 Å². The Balaban J connectivity index is 1.35. The van der Waals surface area contributed by atoms with E-state index in [4.69, 9.17) is 19.1 Å². The van der Waals surface area contributed by atoms with Gasteiger partial charge < -0.3 is 19.4 Å². The number of carbonyl (C=O) groups is 1. The van der Waals surface area contributed by atoms with E-state index in [-0.39, 0.29) is 30.0 Å². The second-order valence-electron chi connectivity index (χ2n) is 11.7. The van der Waals surface area contributed by atoms with Gasteiger partial charge in [-0.05, 0) is 91.6 Å². The maximum absolute atomic E-state index is 11.9. The van der Waals surface area contributed by atoms with Gasteiger partial charge in [-0.3, -0.25) is 4.68 Å². The molecule has 1 aliphatic carbocycles.